The van der Waals surface area contributed by atoms with Crippen LogP contribution in [-0.2, 0) is 11.0 Å². The monoisotopic (exact) mass is 438 g/mol. The highest BCUT2D eigenvalue weighted by Gasteiger charge is 2.34. The van der Waals surface area contributed by atoms with Crippen LogP contribution < -0.4 is 15.4 Å². The summed E-state index contributed by atoms with van der Waals surface area (Å²) in [6, 6.07) is 12.0. The number of halogens is 4. The highest BCUT2D eigenvalue weighted by Crippen LogP contribution is 2.36. The summed E-state index contributed by atoms with van der Waals surface area (Å²) in [6.07, 6.45) is -3.51. The quantitative estimate of drug-likeness (QED) is 0.553. The zero-order chi connectivity index (χ0) is 21.7. The van der Waals surface area contributed by atoms with Crippen LogP contribution >= 0.6 is 11.6 Å². The fourth-order valence-electron chi connectivity index (χ4n) is 2.43. The van der Waals surface area contributed by atoms with E-state index in [9.17, 15) is 22.8 Å². The number of furan rings is 1. The van der Waals surface area contributed by atoms with Crippen LogP contribution in [0.25, 0.3) is 0 Å². The molecular formula is C20H14ClF3N2O4. The molecule has 0 aliphatic rings. The van der Waals surface area contributed by atoms with E-state index in [1.54, 1.807) is 12.1 Å². The first-order valence-corrected chi connectivity index (χ1v) is 8.84. The molecule has 0 saturated heterocycles. The number of ether oxygens (including phenoxy) is 1. The molecule has 2 N–H and O–H groups in total. The summed E-state index contributed by atoms with van der Waals surface area (Å²) in [7, 11) is 0. The van der Waals surface area contributed by atoms with Gasteiger partial charge in [0.1, 0.15) is 5.75 Å². The lowest BCUT2D eigenvalue weighted by molar-refractivity contribution is -0.137. The summed E-state index contributed by atoms with van der Waals surface area (Å²) < 4.78 is 50.5. The summed E-state index contributed by atoms with van der Waals surface area (Å²) in [5.41, 5.74) is -1.71. The second kappa shape index (κ2) is 8.91. The molecule has 0 unspecified atom stereocenters. The molecule has 0 aliphatic heterocycles. The Kier molecular flexibility index (Phi) is 6.31. The van der Waals surface area contributed by atoms with Crippen LogP contribution in [0.1, 0.15) is 16.1 Å². The standard InChI is InChI=1S/C20H14ClF3N2O4/c21-12-3-6-14(7-4-12)30-11-18(27)26-16-8-5-13(10-15(16)20(22,23)24)25-19(28)17-2-1-9-29-17/h1-10H,11H2,(H,25,28)(H,26,27). The number of alkyl halides is 3. The maximum absolute atomic E-state index is 13.5. The smallest absolute Gasteiger partial charge is 0.418 e. The molecule has 6 nitrogen and oxygen atoms in total. The maximum Gasteiger partial charge on any atom is 0.418 e. The molecule has 0 bridgehead atoms. The van der Waals surface area contributed by atoms with Crippen molar-refractivity contribution in [2.24, 2.45) is 0 Å². The Morgan fingerprint density at radius 1 is 1.03 bits per heavy atom. The molecule has 0 atom stereocenters. The largest absolute Gasteiger partial charge is 0.484 e. The molecule has 2 aromatic carbocycles. The predicted molar refractivity (Wildman–Crippen MR) is 104 cm³/mol. The second-order valence-corrected chi connectivity index (χ2v) is 6.42. The highest BCUT2D eigenvalue weighted by atomic mass is 35.5. The van der Waals surface area contributed by atoms with Crippen LogP contribution in [0, 0.1) is 0 Å². The van der Waals surface area contributed by atoms with Crippen LogP contribution in [0.3, 0.4) is 0 Å². The molecule has 0 radical (unpaired) electrons. The van der Waals surface area contributed by atoms with Gasteiger partial charge in [-0.25, -0.2) is 0 Å². The molecule has 156 valence electrons. The molecule has 0 aliphatic carbocycles. The average Bonchev–Trinajstić information content (AvgIpc) is 3.23. The maximum atomic E-state index is 13.5. The summed E-state index contributed by atoms with van der Waals surface area (Å²) in [5.74, 6) is -1.22. The van der Waals surface area contributed by atoms with Gasteiger partial charge < -0.3 is 19.8 Å². The van der Waals surface area contributed by atoms with Crippen molar-refractivity contribution in [3.63, 3.8) is 0 Å². The normalized spacial score (nSPS) is 11.1. The summed E-state index contributed by atoms with van der Waals surface area (Å²) in [4.78, 5) is 24.0. The summed E-state index contributed by atoms with van der Waals surface area (Å²) in [5, 5.41) is 4.95. The predicted octanol–water partition coefficient (Wildman–Crippen LogP) is 5.22. The molecule has 0 saturated carbocycles. The number of anilines is 2. The van der Waals surface area contributed by atoms with Crippen molar-refractivity contribution in [3.05, 3.63) is 77.2 Å². The van der Waals surface area contributed by atoms with E-state index in [4.69, 9.17) is 20.8 Å². The molecule has 0 spiro atoms. The molecule has 3 aromatic rings. The van der Waals surface area contributed by atoms with Gasteiger partial charge in [-0.15, -0.1) is 0 Å². The lowest BCUT2D eigenvalue weighted by atomic mass is 10.1. The van der Waals surface area contributed by atoms with Gasteiger partial charge in [0.05, 0.1) is 17.5 Å². The number of nitrogens with one attached hydrogen (secondary N) is 2. The molecule has 3 rings (SSSR count). The third-order valence-electron chi connectivity index (χ3n) is 3.79. The van der Waals surface area contributed by atoms with E-state index in [1.807, 2.05) is 0 Å². The molecule has 10 heteroatoms. The third-order valence-corrected chi connectivity index (χ3v) is 4.04. The summed E-state index contributed by atoms with van der Waals surface area (Å²) >= 11 is 5.74. The Hall–Kier alpha value is -3.46. The van der Waals surface area contributed by atoms with Gasteiger partial charge in [-0.2, -0.15) is 13.2 Å². The van der Waals surface area contributed by atoms with E-state index in [0.717, 1.165) is 12.1 Å². The molecule has 30 heavy (non-hydrogen) atoms. The molecule has 1 heterocycles. The number of carbonyl (C=O) groups is 2. The van der Waals surface area contributed by atoms with Crippen LogP contribution in [-0.4, -0.2) is 18.4 Å². The second-order valence-electron chi connectivity index (χ2n) is 5.98. The Morgan fingerprint density at radius 3 is 2.40 bits per heavy atom. The summed E-state index contributed by atoms with van der Waals surface area (Å²) in [6.45, 7) is -0.504. The minimum absolute atomic E-state index is 0.0553. The number of rotatable bonds is 6. The van der Waals surface area contributed by atoms with E-state index in [2.05, 4.69) is 10.6 Å². The van der Waals surface area contributed by atoms with Gasteiger partial charge in [-0.05, 0) is 54.6 Å². The van der Waals surface area contributed by atoms with Gasteiger partial charge in [0.2, 0.25) is 0 Å². The van der Waals surface area contributed by atoms with Gasteiger partial charge in [0.15, 0.2) is 12.4 Å². The number of carbonyl (C=O) groups excluding carboxylic acids is 2. The first kappa shape index (κ1) is 21.3. The van der Waals surface area contributed by atoms with Crippen molar-refractivity contribution < 1.29 is 31.9 Å². The Labute approximate surface area is 173 Å². The lowest BCUT2D eigenvalue weighted by Gasteiger charge is -2.16. The Morgan fingerprint density at radius 2 is 1.77 bits per heavy atom. The number of hydrogen-bond acceptors (Lipinski definition) is 4. The van der Waals surface area contributed by atoms with Gasteiger partial charge in [0.25, 0.3) is 11.8 Å². The van der Waals surface area contributed by atoms with E-state index in [1.165, 1.54) is 36.6 Å². The van der Waals surface area contributed by atoms with Crippen molar-refractivity contribution in [2.75, 3.05) is 17.2 Å². The van der Waals surface area contributed by atoms with E-state index >= 15 is 0 Å². The Bertz CT molecular complexity index is 1040. The van der Waals surface area contributed by atoms with Crippen LogP contribution in [0.2, 0.25) is 5.02 Å². The first-order valence-electron chi connectivity index (χ1n) is 8.47. The number of benzene rings is 2. The topological polar surface area (TPSA) is 80.6 Å². The van der Waals surface area contributed by atoms with Crippen molar-refractivity contribution >= 4 is 34.8 Å². The average molecular weight is 439 g/mol. The number of amides is 2. The minimum atomic E-state index is -4.77. The fraction of sp³-hybridized carbons (Fsp3) is 0.100. The molecule has 2 amide bonds. The zero-order valence-electron chi connectivity index (χ0n) is 15.1. The Balaban J connectivity index is 1.71. The molecule has 0 fully saturated rings. The minimum Gasteiger partial charge on any atom is -0.484 e. The van der Waals surface area contributed by atoms with Crippen molar-refractivity contribution in [1.29, 1.82) is 0 Å². The van der Waals surface area contributed by atoms with Crippen molar-refractivity contribution in [2.45, 2.75) is 6.18 Å². The first-order chi connectivity index (χ1) is 14.2. The molecular weight excluding hydrogens is 425 g/mol. The van der Waals surface area contributed by atoms with Crippen LogP contribution in [0.5, 0.6) is 5.75 Å². The zero-order valence-corrected chi connectivity index (χ0v) is 15.9. The van der Waals surface area contributed by atoms with Gasteiger partial charge >= 0.3 is 6.18 Å². The van der Waals surface area contributed by atoms with Gasteiger partial charge in [0, 0.05) is 10.7 Å². The van der Waals surface area contributed by atoms with Crippen molar-refractivity contribution in [1.82, 2.24) is 0 Å². The van der Waals surface area contributed by atoms with Gasteiger partial charge in [-0.3, -0.25) is 9.59 Å². The van der Waals surface area contributed by atoms with E-state index in [0.29, 0.717) is 10.8 Å². The SMILES string of the molecule is O=C(COc1ccc(Cl)cc1)Nc1ccc(NC(=O)c2ccco2)cc1C(F)(F)F. The van der Waals surface area contributed by atoms with Crippen molar-refractivity contribution in [3.8, 4) is 5.75 Å². The van der Waals surface area contributed by atoms with E-state index < -0.39 is 35.8 Å². The third kappa shape index (κ3) is 5.54. The lowest BCUT2D eigenvalue weighted by Crippen LogP contribution is -2.22. The van der Waals surface area contributed by atoms with E-state index in [-0.39, 0.29) is 11.4 Å². The molecule has 1 aromatic heterocycles. The van der Waals surface area contributed by atoms with Crippen LogP contribution in [0.15, 0.2) is 65.3 Å². The van der Waals surface area contributed by atoms with Crippen LogP contribution in [0.4, 0.5) is 24.5 Å². The van der Waals surface area contributed by atoms with Gasteiger partial charge in [-0.1, -0.05) is 11.6 Å². The highest BCUT2D eigenvalue weighted by molar-refractivity contribution is 6.30. The fourth-order valence-corrected chi connectivity index (χ4v) is 2.56. The number of hydrogen-bond donors (Lipinski definition) is 2.